The number of esters is 1. The Morgan fingerprint density at radius 2 is 2.30 bits per heavy atom. The van der Waals surface area contributed by atoms with Crippen molar-refractivity contribution >= 4 is 39.9 Å². The SMILES string of the molecule is CC1CCc2sc(C(=O)OCc3nc4ccc(Cl)cc4n3CCO)cc2C1. The second kappa shape index (κ2) is 7.62. The molecule has 0 saturated carbocycles. The number of nitrogens with zero attached hydrogens (tertiary/aromatic N) is 2. The number of aliphatic hydroxyl groups is 1. The molecule has 5 nitrogen and oxygen atoms in total. The van der Waals surface area contributed by atoms with Gasteiger partial charge in [0.25, 0.3) is 0 Å². The Bertz CT molecular complexity index is 995. The van der Waals surface area contributed by atoms with Crippen molar-refractivity contribution in [3.8, 4) is 0 Å². The van der Waals surface area contributed by atoms with Crippen molar-refractivity contribution in [1.82, 2.24) is 9.55 Å². The first-order valence-corrected chi connectivity index (χ1v) is 10.3. The first-order valence-electron chi connectivity index (χ1n) is 9.09. The molecule has 0 fully saturated rings. The number of aliphatic hydroxyl groups excluding tert-OH is 1. The molecule has 1 aliphatic carbocycles. The van der Waals surface area contributed by atoms with Crippen LogP contribution >= 0.6 is 22.9 Å². The van der Waals surface area contributed by atoms with Crippen LogP contribution in [0.25, 0.3) is 11.0 Å². The van der Waals surface area contributed by atoms with Gasteiger partial charge in [-0.15, -0.1) is 11.3 Å². The summed E-state index contributed by atoms with van der Waals surface area (Å²) in [5, 5.41) is 9.97. The summed E-state index contributed by atoms with van der Waals surface area (Å²) in [6, 6.07) is 7.38. The third kappa shape index (κ3) is 3.74. The number of hydrogen-bond donors (Lipinski definition) is 1. The van der Waals surface area contributed by atoms with Crippen molar-refractivity contribution in [2.45, 2.75) is 39.3 Å². The number of benzene rings is 1. The molecule has 4 rings (SSSR count). The molecule has 1 unspecified atom stereocenters. The van der Waals surface area contributed by atoms with Crippen LogP contribution in [0.1, 0.15) is 39.3 Å². The number of ether oxygens (including phenoxy) is 1. The minimum atomic E-state index is -0.317. The zero-order chi connectivity index (χ0) is 19.0. The van der Waals surface area contributed by atoms with Crippen LogP contribution in [-0.4, -0.2) is 27.2 Å². The van der Waals surface area contributed by atoms with E-state index in [0.717, 1.165) is 23.9 Å². The number of carbonyl (C=O) groups excluding carboxylic acids is 1. The normalized spacial score (nSPS) is 16.5. The van der Waals surface area contributed by atoms with Crippen LogP contribution in [0.2, 0.25) is 5.02 Å². The smallest absolute Gasteiger partial charge is 0.348 e. The van der Waals surface area contributed by atoms with E-state index in [-0.39, 0.29) is 19.2 Å². The Morgan fingerprint density at radius 3 is 3.11 bits per heavy atom. The van der Waals surface area contributed by atoms with Gasteiger partial charge in [0, 0.05) is 16.4 Å². The van der Waals surface area contributed by atoms with E-state index in [1.165, 1.54) is 16.9 Å². The molecule has 1 N–H and O–H groups in total. The van der Waals surface area contributed by atoms with E-state index in [4.69, 9.17) is 16.3 Å². The number of imidazole rings is 1. The molecular formula is C20H21ClN2O3S. The Hall–Kier alpha value is -1.89. The second-order valence-corrected chi connectivity index (χ2v) is 8.59. The van der Waals surface area contributed by atoms with Gasteiger partial charge in [-0.1, -0.05) is 18.5 Å². The van der Waals surface area contributed by atoms with Crippen molar-refractivity contribution in [1.29, 1.82) is 0 Å². The Balaban J connectivity index is 1.53. The maximum absolute atomic E-state index is 12.5. The zero-order valence-electron chi connectivity index (χ0n) is 15.1. The standard InChI is InChI=1S/C20H21ClN2O3S/c1-12-2-5-17-13(8-12)9-18(27-17)20(25)26-11-19-22-15-4-3-14(21)10-16(15)23(19)6-7-24/h3-4,9-10,12,24H,2,5-8,11H2,1H3. The van der Waals surface area contributed by atoms with E-state index >= 15 is 0 Å². The topological polar surface area (TPSA) is 64.3 Å². The first-order chi connectivity index (χ1) is 13.0. The highest BCUT2D eigenvalue weighted by atomic mass is 35.5. The van der Waals surface area contributed by atoms with E-state index < -0.39 is 0 Å². The fourth-order valence-corrected chi connectivity index (χ4v) is 4.88. The molecular weight excluding hydrogens is 384 g/mol. The van der Waals surface area contributed by atoms with E-state index in [0.29, 0.717) is 28.2 Å². The fourth-order valence-electron chi connectivity index (χ4n) is 3.61. The summed E-state index contributed by atoms with van der Waals surface area (Å²) in [4.78, 5) is 19.0. The molecule has 1 aliphatic rings. The lowest BCUT2D eigenvalue weighted by molar-refractivity contribution is 0.0463. The number of fused-ring (bicyclic) bond motifs is 2. The molecule has 142 valence electrons. The summed E-state index contributed by atoms with van der Waals surface area (Å²) in [6.45, 7) is 2.64. The van der Waals surface area contributed by atoms with Crippen molar-refractivity contribution in [3.05, 3.63) is 50.4 Å². The average Bonchev–Trinajstić information content (AvgIpc) is 3.21. The number of rotatable bonds is 5. The maximum Gasteiger partial charge on any atom is 0.348 e. The quantitative estimate of drug-likeness (QED) is 0.646. The van der Waals surface area contributed by atoms with Gasteiger partial charge in [-0.3, -0.25) is 0 Å². The van der Waals surface area contributed by atoms with Crippen molar-refractivity contribution < 1.29 is 14.6 Å². The number of thiophene rings is 1. The summed E-state index contributed by atoms with van der Waals surface area (Å²) < 4.78 is 7.38. The molecule has 3 aromatic rings. The molecule has 0 bridgehead atoms. The Morgan fingerprint density at radius 1 is 1.44 bits per heavy atom. The molecule has 0 radical (unpaired) electrons. The van der Waals surface area contributed by atoms with Crippen LogP contribution in [0, 0.1) is 5.92 Å². The molecule has 27 heavy (non-hydrogen) atoms. The van der Waals surface area contributed by atoms with Crippen LogP contribution in [0.3, 0.4) is 0 Å². The lowest BCUT2D eigenvalue weighted by Crippen LogP contribution is -2.11. The lowest BCUT2D eigenvalue weighted by atomic mass is 9.90. The van der Waals surface area contributed by atoms with Gasteiger partial charge in [0.1, 0.15) is 17.3 Å². The summed E-state index contributed by atoms with van der Waals surface area (Å²) in [7, 11) is 0. The van der Waals surface area contributed by atoms with Crippen molar-refractivity contribution in [2.24, 2.45) is 5.92 Å². The van der Waals surface area contributed by atoms with E-state index in [1.54, 1.807) is 23.5 Å². The summed E-state index contributed by atoms with van der Waals surface area (Å²) in [6.07, 6.45) is 3.25. The lowest BCUT2D eigenvalue weighted by Gasteiger charge is -2.16. The van der Waals surface area contributed by atoms with E-state index in [2.05, 4.69) is 11.9 Å². The van der Waals surface area contributed by atoms with Crippen LogP contribution in [0.15, 0.2) is 24.3 Å². The highest BCUT2D eigenvalue weighted by Crippen LogP contribution is 2.32. The minimum Gasteiger partial charge on any atom is -0.453 e. The predicted molar refractivity (Wildman–Crippen MR) is 106 cm³/mol. The van der Waals surface area contributed by atoms with E-state index in [1.807, 2.05) is 16.7 Å². The maximum atomic E-state index is 12.5. The summed E-state index contributed by atoms with van der Waals surface area (Å²) in [5.41, 5.74) is 2.87. The van der Waals surface area contributed by atoms with Gasteiger partial charge in [0.2, 0.25) is 0 Å². The minimum absolute atomic E-state index is 0.0330. The largest absolute Gasteiger partial charge is 0.453 e. The van der Waals surface area contributed by atoms with Crippen LogP contribution in [0.4, 0.5) is 0 Å². The number of aromatic nitrogens is 2. The van der Waals surface area contributed by atoms with Gasteiger partial charge in [0.05, 0.1) is 17.6 Å². The number of aryl methyl sites for hydroxylation is 1. The van der Waals surface area contributed by atoms with Crippen molar-refractivity contribution in [2.75, 3.05) is 6.61 Å². The van der Waals surface area contributed by atoms with Crippen LogP contribution in [-0.2, 0) is 30.7 Å². The average molecular weight is 405 g/mol. The van der Waals surface area contributed by atoms with Gasteiger partial charge in [-0.2, -0.15) is 0 Å². The zero-order valence-corrected chi connectivity index (χ0v) is 16.6. The van der Waals surface area contributed by atoms with Gasteiger partial charge < -0.3 is 14.4 Å². The van der Waals surface area contributed by atoms with Gasteiger partial charge in [-0.05, 0) is 55.0 Å². The first kappa shape index (κ1) is 18.5. The number of hydrogen-bond acceptors (Lipinski definition) is 5. The summed E-state index contributed by atoms with van der Waals surface area (Å²) >= 11 is 7.62. The molecule has 7 heteroatoms. The highest BCUT2D eigenvalue weighted by Gasteiger charge is 2.22. The van der Waals surface area contributed by atoms with Gasteiger partial charge >= 0.3 is 5.97 Å². The molecule has 1 atom stereocenters. The second-order valence-electron chi connectivity index (χ2n) is 7.02. The Labute approximate surface area is 166 Å². The number of carbonyl (C=O) groups is 1. The fraction of sp³-hybridized carbons (Fsp3) is 0.400. The molecule has 0 aliphatic heterocycles. The molecule has 1 aromatic carbocycles. The number of halogens is 1. The molecule has 2 heterocycles. The molecule has 2 aromatic heterocycles. The molecule has 0 saturated heterocycles. The highest BCUT2D eigenvalue weighted by molar-refractivity contribution is 7.14. The van der Waals surface area contributed by atoms with Gasteiger partial charge in [0.15, 0.2) is 0 Å². The third-order valence-corrected chi connectivity index (χ3v) is 6.43. The van der Waals surface area contributed by atoms with Crippen molar-refractivity contribution in [3.63, 3.8) is 0 Å². The van der Waals surface area contributed by atoms with E-state index in [9.17, 15) is 9.90 Å². The Kier molecular flexibility index (Phi) is 5.21. The van der Waals surface area contributed by atoms with Gasteiger partial charge in [-0.25, -0.2) is 9.78 Å². The molecule has 0 spiro atoms. The molecule has 0 amide bonds. The summed E-state index contributed by atoms with van der Waals surface area (Å²) in [5.74, 6) is 0.952. The van der Waals surface area contributed by atoms with Crippen LogP contribution in [0.5, 0.6) is 0 Å². The third-order valence-electron chi connectivity index (χ3n) is 4.98. The van der Waals surface area contributed by atoms with Crippen LogP contribution < -0.4 is 0 Å². The predicted octanol–water partition coefficient (Wildman–Crippen LogP) is 4.23. The monoisotopic (exact) mass is 404 g/mol.